The largest absolute Gasteiger partial charge is 0.478 e. The summed E-state index contributed by atoms with van der Waals surface area (Å²) in [6, 6.07) is 10.2. The van der Waals surface area contributed by atoms with E-state index in [1.165, 1.54) is 18.3 Å². The number of carbonyl (C=O) groups is 1. The topological polar surface area (TPSA) is 86.0 Å². The van der Waals surface area contributed by atoms with Gasteiger partial charge in [0.25, 0.3) is 0 Å². The number of pyridine rings is 1. The van der Waals surface area contributed by atoms with Crippen LogP contribution >= 0.6 is 15.9 Å². The first kappa shape index (κ1) is 14.0. The summed E-state index contributed by atoms with van der Waals surface area (Å²) in [6.45, 7) is 0.394. The highest BCUT2D eigenvalue weighted by Gasteiger charge is 2.05. The summed E-state index contributed by atoms with van der Waals surface area (Å²) < 4.78 is 0.769. The number of aromatic nitrogens is 1. The number of halogens is 1. The second kappa shape index (κ2) is 6.17. The smallest absolute Gasteiger partial charge is 0.335 e. The number of nitrogens with zero attached hydrogens (tertiary/aromatic N) is 2. The number of hydrogen-bond donors (Lipinski definition) is 2. The number of anilines is 1. The Morgan fingerprint density at radius 1 is 1.40 bits per heavy atom. The number of benzene rings is 1. The Kier molecular flexibility index (Phi) is 4.33. The van der Waals surface area contributed by atoms with E-state index in [2.05, 4.69) is 32.3 Å². The van der Waals surface area contributed by atoms with Crippen molar-refractivity contribution in [3.8, 4) is 6.07 Å². The lowest BCUT2D eigenvalue weighted by Crippen LogP contribution is -2.05. The first-order valence-electron chi connectivity index (χ1n) is 5.72. The highest BCUT2D eigenvalue weighted by atomic mass is 79.9. The fourth-order valence-electron chi connectivity index (χ4n) is 1.62. The monoisotopic (exact) mass is 331 g/mol. The van der Waals surface area contributed by atoms with E-state index in [9.17, 15) is 4.79 Å². The van der Waals surface area contributed by atoms with Gasteiger partial charge in [0.2, 0.25) is 0 Å². The van der Waals surface area contributed by atoms with Crippen molar-refractivity contribution < 1.29 is 9.90 Å². The molecule has 0 fully saturated rings. The number of aromatic carboxylic acids is 1. The van der Waals surface area contributed by atoms with Gasteiger partial charge in [0.1, 0.15) is 0 Å². The summed E-state index contributed by atoms with van der Waals surface area (Å²) >= 11 is 3.37. The number of nitriles is 1. The average molecular weight is 332 g/mol. The van der Waals surface area contributed by atoms with E-state index < -0.39 is 5.97 Å². The standard InChI is InChI=1S/C14H10BrN3O2/c15-12-5-9(7-16)1-2-13(12)18-8-11-6-10(14(19)20)3-4-17-11/h1-6,18H,8H2,(H,19,20). The van der Waals surface area contributed by atoms with Crippen molar-refractivity contribution in [2.24, 2.45) is 0 Å². The maximum atomic E-state index is 10.9. The molecule has 0 aliphatic rings. The summed E-state index contributed by atoms with van der Waals surface area (Å²) in [7, 11) is 0. The van der Waals surface area contributed by atoms with Crippen LogP contribution in [-0.2, 0) is 6.54 Å². The molecule has 2 aromatic rings. The molecule has 0 radical (unpaired) electrons. The predicted molar refractivity (Wildman–Crippen MR) is 77.4 cm³/mol. The normalized spacial score (nSPS) is 9.80. The van der Waals surface area contributed by atoms with Crippen molar-refractivity contribution in [1.29, 1.82) is 5.26 Å². The van der Waals surface area contributed by atoms with Gasteiger partial charge in [-0.1, -0.05) is 0 Å². The number of nitrogens with one attached hydrogen (secondary N) is 1. The first-order chi connectivity index (χ1) is 9.60. The number of carboxylic acid groups (broad SMARTS) is 1. The summed E-state index contributed by atoms with van der Waals surface area (Å²) in [4.78, 5) is 15.0. The quantitative estimate of drug-likeness (QED) is 0.899. The zero-order valence-electron chi connectivity index (χ0n) is 10.3. The SMILES string of the molecule is N#Cc1ccc(NCc2cc(C(=O)O)ccn2)c(Br)c1. The summed E-state index contributed by atoms with van der Waals surface area (Å²) in [5, 5.41) is 20.8. The predicted octanol–water partition coefficient (Wildman–Crippen LogP) is 3.03. The van der Waals surface area contributed by atoms with E-state index in [4.69, 9.17) is 10.4 Å². The van der Waals surface area contributed by atoms with Crippen LogP contribution in [0.15, 0.2) is 41.0 Å². The first-order valence-corrected chi connectivity index (χ1v) is 6.51. The Labute approximate surface area is 124 Å². The van der Waals surface area contributed by atoms with Crippen LogP contribution in [0.5, 0.6) is 0 Å². The van der Waals surface area contributed by atoms with E-state index in [0.29, 0.717) is 17.8 Å². The highest BCUT2D eigenvalue weighted by Crippen LogP contribution is 2.23. The third kappa shape index (κ3) is 3.33. The fourth-order valence-corrected chi connectivity index (χ4v) is 2.14. The van der Waals surface area contributed by atoms with Crippen LogP contribution in [-0.4, -0.2) is 16.1 Å². The zero-order valence-corrected chi connectivity index (χ0v) is 11.9. The van der Waals surface area contributed by atoms with Crippen LogP contribution in [0.2, 0.25) is 0 Å². The van der Waals surface area contributed by atoms with Crippen LogP contribution in [0.1, 0.15) is 21.6 Å². The summed E-state index contributed by atoms with van der Waals surface area (Å²) in [6.07, 6.45) is 1.47. The van der Waals surface area contributed by atoms with Gasteiger partial charge < -0.3 is 10.4 Å². The van der Waals surface area contributed by atoms with E-state index in [0.717, 1.165) is 10.2 Å². The molecule has 0 spiro atoms. The molecule has 0 bridgehead atoms. The zero-order chi connectivity index (χ0) is 14.5. The van der Waals surface area contributed by atoms with Gasteiger partial charge in [-0.25, -0.2) is 4.79 Å². The molecule has 2 rings (SSSR count). The van der Waals surface area contributed by atoms with Crippen LogP contribution in [0.4, 0.5) is 5.69 Å². The number of hydrogen-bond acceptors (Lipinski definition) is 4. The van der Waals surface area contributed by atoms with Crippen LogP contribution < -0.4 is 5.32 Å². The van der Waals surface area contributed by atoms with Crippen LogP contribution in [0, 0.1) is 11.3 Å². The molecule has 0 atom stereocenters. The maximum absolute atomic E-state index is 10.9. The third-order valence-electron chi connectivity index (χ3n) is 2.62. The molecule has 0 unspecified atom stereocenters. The molecule has 100 valence electrons. The molecule has 0 saturated heterocycles. The summed E-state index contributed by atoms with van der Waals surface area (Å²) in [5.74, 6) is -0.979. The van der Waals surface area contributed by atoms with E-state index >= 15 is 0 Å². The van der Waals surface area contributed by atoms with Crippen molar-refractivity contribution in [3.63, 3.8) is 0 Å². The van der Waals surface area contributed by atoms with E-state index in [1.54, 1.807) is 18.2 Å². The minimum absolute atomic E-state index is 0.204. The number of rotatable bonds is 4. The molecule has 2 N–H and O–H groups in total. The second-order valence-electron chi connectivity index (χ2n) is 4.00. The lowest BCUT2D eigenvalue weighted by molar-refractivity contribution is 0.0696. The molecular formula is C14H10BrN3O2. The van der Waals surface area contributed by atoms with Gasteiger partial charge in [-0.05, 0) is 46.3 Å². The molecular weight excluding hydrogens is 322 g/mol. The molecule has 20 heavy (non-hydrogen) atoms. The maximum Gasteiger partial charge on any atom is 0.335 e. The van der Waals surface area contributed by atoms with Crippen molar-refractivity contribution in [3.05, 3.63) is 57.8 Å². The Hall–Kier alpha value is -2.39. The Morgan fingerprint density at radius 2 is 2.20 bits per heavy atom. The number of carboxylic acids is 1. The van der Waals surface area contributed by atoms with Crippen LogP contribution in [0.3, 0.4) is 0 Å². The fraction of sp³-hybridized carbons (Fsp3) is 0.0714. The van der Waals surface area contributed by atoms with Gasteiger partial charge in [-0.3, -0.25) is 4.98 Å². The average Bonchev–Trinajstić information content (AvgIpc) is 2.46. The van der Waals surface area contributed by atoms with Gasteiger partial charge in [-0.15, -0.1) is 0 Å². The molecule has 0 aliphatic carbocycles. The molecule has 0 aliphatic heterocycles. The van der Waals surface area contributed by atoms with E-state index in [1.807, 2.05) is 0 Å². The molecule has 6 heteroatoms. The van der Waals surface area contributed by atoms with Gasteiger partial charge in [0, 0.05) is 16.4 Å². The van der Waals surface area contributed by atoms with Crippen molar-refractivity contribution in [2.75, 3.05) is 5.32 Å². The molecule has 0 amide bonds. The third-order valence-corrected chi connectivity index (χ3v) is 3.28. The van der Waals surface area contributed by atoms with Gasteiger partial charge >= 0.3 is 5.97 Å². The Balaban J connectivity index is 2.11. The van der Waals surface area contributed by atoms with Crippen molar-refractivity contribution >= 4 is 27.6 Å². The second-order valence-corrected chi connectivity index (χ2v) is 4.86. The lowest BCUT2D eigenvalue weighted by atomic mass is 10.2. The molecule has 1 aromatic heterocycles. The van der Waals surface area contributed by atoms with Crippen LogP contribution in [0.25, 0.3) is 0 Å². The van der Waals surface area contributed by atoms with Crippen molar-refractivity contribution in [2.45, 2.75) is 6.54 Å². The van der Waals surface area contributed by atoms with Gasteiger partial charge in [-0.2, -0.15) is 5.26 Å². The lowest BCUT2D eigenvalue weighted by Gasteiger charge is -2.08. The molecule has 5 nitrogen and oxygen atoms in total. The minimum atomic E-state index is -0.979. The van der Waals surface area contributed by atoms with Crippen molar-refractivity contribution in [1.82, 2.24) is 4.98 Å². The molecule has 1 heterocycles. The van der Waals surface area contributed by atoms with Gasteiger partial charge in [0.05, 0.1) is 29.4 Å². The summed E-state index contributed by atoms with van der Waals surface area (Å²) in [5.41, 5.74) is 2.21. The van der Waals surface area contributed by atoms with E-state index in [-0.39, 0.29) is 5.56 Å². The minimum Gasteiger partial charge on any atom is -0.478 e. The molecule has 1 aromatic carbocycles. The molecule has 0 saturated carbocycles. The highest BCUT2D eigenvalue weighted by molar-refractivity contribution is 9.10. The Bertz CT molecular complexity index is 695. The Morgan fingerprint density at radius 3 is 2.85 bits per heavy atom. The van der Waals surface area contributed by atoms with Gasteiger partial charge in [0.15, 0.2) is 0 Å².